The van der Waals surface area contributed by atoms with Crippen molar-refractivity contribution in [2.45, 2.75) is 128 Å². The number of pyridine rings is 1. The quantitative estimate of drug-likeness (QED) is 0.0898. The zero-order valence-electron chi connectivity index (χ0n) is 36.7. The van der Waals surface area contributed by atoms with Crippen LogP contribution >= 0.6 is 11.3 Å². The van der Waals surface area contributed by atoms with Crippen LogP contribution in [0.5, 0.6) is 11.5 Å². The van der Waals surface area contributed by atoms with Crippen LogP contribution in [0.15, 0.2) is 29.6 Å². The van der Waals surface area contributed by atoms with Gasteiger partial charge in [0.2, 0.25) is 5.91 Å². The number of rotatable bonds is 18. The molecule has 0 bridgehead atoms. The fraction of sp³-hybridized carbons (Fsp3) is 0.659. The Kier molecular flexibility index (Phi) is 13.4. The Balaban J connectivity index is 1.19. The van der Waals surface area contributed by atoms with Gasteiger partial charge < -0.3 is 49.5 Å². The maximum Gasteiger partial charge on any atom is 0.407 e. The van der Waals surface area contributed by atoms with Crippen molar-refractivity contribution in [3.05, 3.63) is 29.6 Å². The summed E-state index contributed by atoms with van der Waals surface area (Å²) in [7, 11) is 4.40. The second-order valence-corrected chi connectivity index (χ2v) is 19.2. The number of ether oxygens (including phenoxy) is 6. The van der Waals surface area contributed by atoms with Gasteiger partial charge in [-0.2, -0.15) is 0 Å². The van der Waals surface area contributed by atoms with Crippen molar-refractivity contribution in [1.29, 1.82) is 0 Å². The van der Waals surface area contributed by atoms with Crippen LogP contribution in [0.2, 0.25) is 0 Å². The molecule has 9 atom stereocenters. The molecule has 3 heterocycles. The molecule has 7 rings (SSSR count). The van der Waals surface area contributed by atoms with Crippen molar-refractivity contribution in [2.75, 3.05) is 39.8 Å². The number of carbonyl (C=O) groups excluding carboxylic acids is 3. The van der Waals surface area contributed by atoms with Gasteiger partial charge in [-0.25, -0.2) is 19.6 Å². The molecule has 17 heteroatoms. The van der Waals surface area contributed by atoms with Crippen LogP contribution in [0, 0.1) is 23.2 Å². The zero-order valence-corrected chi connectivity index (χ0v) is 37.5. The van der Waals surface area contributed by atoms with E-state index in [1.54, 1.807) is 19.1 Å². The number of fused-ring (bicyclic) bond motifs is 2. The molecule has 3 aromatic rings. The molecule has 0 radical (unpaired) electrons. The van der Waals surface area contributed by atoms with Crippen molar-refractivity contribution >= 4 is 45.3 Å². The summed E-state index contributed by atoms with van der Waals surface area (Å²) in [5.74, 6) is 1.28. The summed E-state index contributed by atoms with van der Waals surface area (Å²) in [5.41, 5.74) is -0.0102. The lowest BCUT2D eigenvalue weighted by atomic mass is 9.85. The molecule has 3 saturated carbocycles. The number of likely N-dealkylation sites (tertiary alicyclic amines) is 1. The SMILES string of the molecule is CC[C@@H]1C[C@]1(NC(=O)[C@@H]1C[C@@H](Oc2cc(-c3csc(NC(C)C)n3)nc3cc(OCC(OC)OC)ccc23)CN1[C@H](O)C(NC(=O)OC1C[C@@H]2C[C@@H]2C1)C(C)(C)C)C(=O)OC. The molecule has 1 aromatic carbocycles. The third-order valence-corrected chi connectivity index (χ3v) is 13.3. The third kappa shape index (κ3) is 10.0. The van der Waals surface area contributed by atoms with Gasteiger partial charge in [0.05, 0.1) is 30.4 Å². The lowest BCUT2D eigenvalue weighted by molar-refractivity contribution is -0.148. The van der Waals surface area contributed by atoms with E-state index in [-0.39, 0.29) is 37.6 Å². The monoisotopic (exact) mass is 866 g/mol. The van der Waals surface area contributed by atoms with Gasteiger partial charge in [-0.05, 0) is 74.8 Å². The van der Waals surface area contributed by atoms with Crippen LogP contribution < -0.4 is 25.4 Å². The van der Waals surface area contributed by atoms with Gasteiger partial charge in [-0.1, -0.05) is 34.1 Å². The highest BCUT2D eigenvalue weighted by atomic mass is 32.1. The summed E-state index contributed by atoms with van der Waals surface area (Å²) in [5, 5.41) is 25.0. The highest BCUT2D eigenvalue weighted by Gasteiger charge is 2.62. The molecule has 1 aliphatic heterocycles. The maximum atomic E-state index is 14.5. The average molecular weight is 867 g/mol. The summed E-state index contributed by atoms with van der Waals surface area (Å²) in [6.45, 7) is 12.1. The number of thiazole rings is 1. The lowest BCUT2D eigenvalue weighted by Crippen LogP contribution is -2.61. The summed E-state index contributed by atoms with van der Waals surface area (Å²) in [6.07, 6.45) is 0.941. The van der Waals surface area contributed by atoms with Crippen LogP contribution in [-0.4, -0.2) is 121 Å². The van der Waals surface area contributed by atoms with Gasteiger partial charge >= 0.3 is 12.1 Å². The summed E-state index contributed by atoms with van der Waals surface area (Å²) in [6, 6.07) is 5.73. The van der Waals surface area contributed by atoms with Crippen LogP contribution in [0.25, 0.3) is 22.3 Å². The van der Waals surface area contributed by atoms with Gasteiger partial charge in [-0.15, -0.1) is 11.3 Å². The van der Waals surface area contributed by atoms with Crippen LogP contribution in [0.3, 0.4) is 0 Å². The smallest absolute Gasteiger partial charge is 0.407 e. The standard InChI is InChI=1S/C44H62N6O10S/c1-10-26-19-44(26,40(53)57-9)49-38(51)34-17-29(20-50(34)39(52)37(43(4,5)6)48-42(54)60-28-14-24-13-25(24)15-28)59-35-18-32(33-22-61-41(47-33)45-23(2)3)46-31-16-27(11-12-30(31)35)58-21-36(55-7)56-8/h11-12,16,18,22-26,28-29,34,36-37,39,52H,10,13-15,17,19-21H2,1-9H3,(H,45,47)(H,48,54)(H,49,51)/t24-,25+,26-,28?,29-,34+,37?,39-,44-/m1/s1. The second-order valence-electron chi connectivity index (χ2n) is 18.3. The number of nitrogens with zero attached hydrogens (tertiary/aromatic N) is 3. The minimum absolute atomic E-state index is 0.0802. The summed E-state index contributed by atoms with van der Waals surface area (Å²) in [4.78, 5) is 52.4. The minimum atomic E-state index is -1.33. The number of nitrogens with one attached hydrogen (secondary N) is 3. The number of amides is 2. The number of benzene rings is 1. The summed E-state index contributed by atoms with van der Waals surface area (Å²) < 4.78 is 34.5. The lowest BCUT2D eigenvalue weighted by Gasteiger charge is -2.40. The molecule has 4 aliphatic rings. The molecule has 2 unspecified atom stereocenters. The van der Waals surface area contributed by atoms with Crippen molar-refractivity contribution in [3.63, 3.8) is 0 Å². The van der Waals surface area contributed by atoms with E-state index >= 15 is 0 Å². The minimum Gasteiger partial charge on any atom is -0.488 e. The molecular weight excluding hydrogens is 805 g/mol. The maximum absolute atomic E-state index is 14.5. The molecule has 2 amide bonds. The predicted molar refractivity (Wildman–Crippen MR) is 229 cm³/mol. The molecule has 0 spiro atoms. The number of alkyl carbamates (subject to hydrolysis) is 1. The van der Waals surface area contributed by atoms with E-state index in [2.05, 4.69) is 16.0 Å². The van der Waals surface area contributed by atoms with E-state index in [0.29, 0.717) is 58.5 Å². The molecule has 61 heavy (non-hydrogen) atoms. The number of methoxy groups -OCH3 is 3. The molecule has 4 fully saturated rings. The molecule has 1 saturated heterocycles. The van der Waals surface area contributed by atoms with Crippen LogP contribution in [-0.2, 0) is 28.5 Å². The first-order valence-electron chi connectivity index (χ1n) is 21.4. The van der Waals surface area contributed by atoms with E-state index in [4.69, 9.17) is 38.4 Å². The van der Waals surface area contributed by atoms with Gasteiger partial charge in [-0.3, -0.25) is 9.69 Å². The molecule has 3 aliphatic carbocycles. The van der Waals surface area contributed by atoms with Crippen LogP contribution in [0.4, 0.5) is 9.93 Å². The Hall–Kier alpha value is -4.29. The Morgan fingerprint density at radius 3 is 2.38 bits per heavy atom. The van der Waals surface area contributed by atoms with Crippen LogP contribution in [0.1, 0.15) is 80.1 Å². The fourth-order valence-corrected chi connectivity index (χ4v) is 9.84. The highest BCUT2D eigenvalue weighted by Crippen LogP contribution is 2.52. The van der Waals surface area contributed by atoms with Crippen molar-refractivity contribution < 1.29 is 47.9 Å². The number of aromatic nitrogens is 2. The average Bonchev–Trinajstić information content (AvgIpc) is 3.88. The highest BCUT2D eigenvalue weighted by molar-refractivity contribution is 7.14. The van der Waals surface area contributed by atoms with Gasteiger partial charge in [0.25, 0.3) is 0 Å². The van der Waals surface area contributed by atoms with Gasteiger partial charge in [0.1, 0.15) is 47.8 Å². The fourth-order valence-electron chi connectivity index (χ4n) is 8.99. The second kappa shape index (κ2) is 18.2. The number of hydrogen-bond acceptors (Lipinski definition) is 15. The first kappa shape index (κ1) is 44.8. The topological polar surface area (TPSA) is 192 Å². The predicted octanol–water partition coefficient (Wildman–Crippen LogP) is 5.71. The first-order chi connectivity index (χ1) is 29.0. The Bertz CT molecular complexity index is 2050. The zero-order chi connectivity index (χ0) is 43.8. The largest absolute Gasteiger partial charge is 0.488 e. The molecule has 2 aromatic heterocycles. The number of hydrogen-bond donors (Lipinski definition) is 4. The van der Waals surface area contributed by atoms with Gasteiger partial charge in [0, 0.05) is 56.1 Å². The third-order valence-electron chi connectivity index (χ3n) is 12.5. The molecular formula is C44H62N6O10S. The van der Waals surface area contributed by atoms with E-state index < -0.39 is 59.6 Å². The van der Waals surface area contributed by atoms with E-state index in [9.17, 15) is 19.5 Å². The normalized spacial score (nSPS) is 26.8. The number of esters is 1. The molecule has 334 valence electrons. The van der Waals surface area contributed by atoms with Crippen molar-refractivity contribution in [2.24, 2.45) is 23.2 Å². The van der Waals surface area contributed by atoms with E-state index in [1.807, 2.05) is 71.2 Å². The van der Waals surface area contributed by atoms with Crippen molar-refractivity contribution in [1.82, 2.24) is 25.5 Å². The number of anilines is 1. The number of aliphatic hydroxyl groups excluding tert-OH is 1. The number of aliphatic hydroxyl groups is 1. The van der Waals surface area contributed by atoms with E-state index in [1.165, 1.54) is 24.9 Å². The Morgan fingerprint density at radius 1 is 1.00 bits per heavy atom. The summed E-state index contributed by atoms with van der Waals surface area (Å²) >= 11 is 1.47. The molecule has 4 N–H and O–H groups in total. The van der Waals surface area contributed by atoms with Crippen molar-refractivity contribution in [3.8, 4) is 22.9 Å². The Labute approximate surface area is 361 Å². The number of carbonyl (C=O) groups is 3. The first-order valence-corrected chi connectivity index (χ1v) is 22.3. The van der Waals surface area contributed by atoms with Gasteiger partial charge in [0.15, 0.2) is 11.4 Å². The Morgan fingerprint density at radius 2 is 1.74 bits per heavy atom. The van der Waals surface area contributed by atoms with E-state index in [0.717, 1.165) is 18.0 Å². The molecule has 16 nitrogen and oxygen atoms in total.